The Morgan fingerprint density at radius 2 is 1.04 bits per heavy atom. The van der Waals surface area contributed by atoms with E-state index in [1.165, 1.54) is 82.1 Å². The van der Waals surface area contributed by atoms with Crippen molar-refractivity contribution in [3.8, 4) is 0 Å². The molecule has 0 bridgehead atoms. The van der Waals surface area contributed by atoms with E-state index in [0.29, 0.717) is 5.92 Å². The molecule has 0 saturated heterocycles. The molecule has 6 rings (SSSR count). The molecule has 0 nitrogen and oxygen atoms in total. The summed E-state index contributed by atoms with van der Waals surface area (Å²) in [7, 11) is 0. The topological polar surface area (TPSA) is 0 Å². The van der Waals surface area contributed by atoms with Gasteiger partial charge in [-0.3, -0.25) is 0 Å². The molecule has 0 spiro atoms. The van der Waals surface area contributed by atoms with Crippen LogP contribution in [0.4, 0.5) is 0 Å². The van der Waals surface area contributed by atoms with E-state index in [2.05, 4.69) is 202 Å². The fourth-order valence-electron chi connectivity index (χ4n) is 8.06. The number of hydrogen-bond acceptors (Lipinski definition) is 0. The Balaban J connectivity index is 1.90. The molecule has 4 aromatic carbocycles. The Morgan fingerprint density at radius 1 is 0.547 bits per heavy atom. The van der Waals surface area contributed by atoms with Crippen LogP contribution >= 0.6 is 0 Å². The lowest BCUT2D eigenvalue weighted by Gasteiger charge is -2.27. The van der Waals surface area contributed by atoms with Crippen LogP contribution in [-0.2, 0) is 21.7 Å². The van der Waals surface area contributed by atoms with Gasteiger partial charge in [0.05, 0.1) is 0 Å². The van der Waals surface area contributed by atoms with Crippen molar-refractivity contribution in [3.63, 3.8) is 0 Å². The van der Waals surface area contributed by atoms with Gasteiger partial charge in [0, 0.05) is 5.92 Å². The van der Waals surface area contributed by atoms with Gasteiger partial charge in [-0.1, -0.05) is 184 Å². The van der Waals surface area contributed by atoms with Gasteiger partial charge in [0.25, 0.3) is 0 Å². The summed E-state index contributed by atoms with van der Waals surface area (Å²) in [5.41, 5.74) is 14.9. The van der Waals surface area contributed by atoms with E-state index < -0.39 is 0 Å². The van der Waals surface area contributed by atoms with Crippen molar-refractivity contribution in [1.29, 1.82) is 0 Å². The van der Waals surface area contributed by atoms with E-state index in [0.717, 1.165) is 6.42 Å². The minimum Gasteiger partial charge on any atom is -0.0732 e. The maximum absolute atomic E-state index is 4.06. The molecular formula is C53H65. The largest absolute Gasteiger partial charge is 0.0732 e. The van der Waals surface area contributed by atoms with E-state index in [9.17, 15) is 0 Å². The van der Waals surface area contributed by atoms with Crippen molar-refractivity contribution >= 4 is 17.2 Å². The fourth-order valence-corrected chi connectivity index (χ4v) is 8.06. The van der Waals surface area contributed by atoms with E-state index in [1.807, 2.05) is 0 Å². The van der Waals surface area contributed by atoms with Crippen molar-refractivity contribution in [1.82, 2.24) is 0 Å². The number of allylic oxidation sites excluding steroid dienone is 4. The minimum absolute atomic E-state index is 0.0518. The lowest BCUT2D eigenvalue weighted by atomic mass is 9.76. The van der Waals surface area contributed by atoms with E-state index >= 15 is 0 Å². The van der Waals surface area contributed by atoms with E-state index in [1.54, 1.807) is 0 Å². The monoisotopic (exact) mass is 702 g/mol. The average molecular weight is 702 g/mol. The Labute approximate surface area is 322 Å². The molecule has 0 saturated carbocycles. The highest BCUT2D eigenvalue weighted by Crippen LogP contribution is 2.43. The molecule has 0 aliphatic heterocycles. The van der Waals surface area contributed by atoms with Crippen LogP contribution < -0.4 is 10.4 Å². The van der Waals surface area contributed by atoms with Crippen LogP contribution in [-0.4, -0.2) is 0 Å². The summed E-state index contributed by atoms with van der Waals surface area (Å²) in [5.74, 6) is 0.325. The van der Waals surface area contributed by atoms with Crippen LogP contribution in [0.5, 0.6) is 0 Å². The van der Waals surface area contributed by atoms with Crippen molar-refractivity contribution in [3.05, 3.63) is 156 Å². The standard InChI is InChI=1S/C53H65/c1-17-33-28-40(52(11,12)13)31-42(33)47-44-29-36-22-27-39(51(8,9)10)30-41(36)43(44)32-45(53(14,15)16)48(47)46(34-18-23-37(24-19-34)49(2,3)4)35-20-25-38(26-21-35)50(5,6)7/h18-28,30-33H,17H2,1-16H3. The van der Waals surface area contributed by atoms with Gasteiger partial charge < -0.3 is 0 Å². The molecule has 0 heterocycles. The lowest BCUT2D eigenvalue weighted by molar-refractivity contribution is 0.516. The zero-order chi connectivity index (χ0) is 39.1. The second-order valence-corrected chi connectivity index (χ2v) is 21.0. The van der Waals surface area contributed by atoms with Crippen LogP contribution in [0.1, 0.15) is 162 Å². The first-order valence-corrected chi connectivity index (χ1v) is 20.1. The third-order valence-corrected chi connectivity index (χ3v) is 11.6. The van der Waals surface area contributed by atoms with Gasteiger partial charge in [-0.2, -0.15) is 0 Å². The molecule has 1 unspecified atom stereocenters. The summed E-state index contributed by atoms with van der Waals surface area (Å²) in [6.45, 7) is 37.4. The molecule has 0 amide bonds. The zero-order valence-electron chi connectivity index (χ0n) is 35.9. The highest BCUT2D eigenvalue weighted by Gasteiger charge is 2.32. The predicted molar refractivity (Wildman–Crippen MR) is 231 cm³/mol. The summed E-state index contributed by atoms with van der Waals surface area (Å²) < 4.78 is 0. The second kappa shape index (κ2) is 13.1. The molecule has 2 aliphatic rings. The number of hydrogen-bond donors (Lipinski definition) is 0. The lowest BCUT2D eigenvalue weighted by Crippen LogP contribution is -2.30. The van der Waals surface area contributed by atoms with Crippen LogP contribution in [0.3, 0.4) is 0 Å². The SMILES string of the molecule is CCC1C=C(C(C)(C)C)C=C1c1c2c(cc(C(C)(C)C)c1=C(c1ccc(C(C)(C)C)cc1)c1ccc(C(C)(C)C)cc1)=c1cc(C(C)(C)C)ccc1=[C]2. The number of fused-ring (bicyclic) bond motifs is 2. The molecule has 0 N–H and O–H groups in total. The Morgan fingerprint density at radius 3 is 1.47 bits per heavy atom. The molecule has 1 radical (unpaired) electrons. The normalized spacial score (nSPS) is 16.2. The first-order valence-electron chi connectivity index (χ1n) is 20.1. The van der Waals surface area contributed by atoms with Crippen LogP contribution in [0.2, 0.25) is 0 Å². The summed E-state index contributed by atoms with van der Waals surface area (Å²) in [5, 5.41) is 5.19. The van der Waals surface area contributed by atoms with Crippen molar-refractivity contribution < 1.29 is 0 Å². The van der Waals surface area contributed by atoms with E-state index in [4.69, 9.17) is 0 Å². The fraction of sp³-hybridized carbons (Fsp3) is 0.434. The highest BCUT2D eigenvalue weighted by atomic mass is 14.4. The third kappa shape index (κ3) is 7.45. The summed E-state index contributed by atoms with van der Waals surface area (Å²) in [6, 6.07) is 28.6. The Hall–Kier alpha value is -3.90. The Bertz CT molecular complexity index is 2270. The predicted octanol–water partition coefficient (Wildman–Crippen LogP) is 12.8. The zero-order valence-corrected chi connectivity index (χ0v) is 35.9. The van der Waals surface area contributed by atoms with E-state index in [-0.39, 0.29) is 27.1 Å². The van der Waals surface area contributed by atoms with Gasteiger partial charge in [-0.15, -0.1) is 0 Å². The molecule has 2 aliphatic carbocycles. The molecule has 53 heavy (non-hydrogen) atoms. The molecule has 0 heteroatoms. The molecule has 277 valence electrons. The van der Waals surface area contributed by atoms with Crippen molar-refractivity contribution in [2.45, 2.75) is 139 Å². The van der Waals surface area contributed by atoms with Crippen LogP contribution in [0.15, 0.2) is 90.5 Å². The number of benzene rings is 4. The molecule has 0 aromatic heterocycles. The highest BCUT2D eigenvalue weighted by molar-refractivity contribution is 5.89. The maximum Gasteiger partial charge on any atom is 0.00278 e. The molecular weight excluding hydrogens is 637 g/mol. The van der Waals surface area contributed by atoms with Gasteiger partial charge in [-0.25, -0.2) is 0 Å². The third-order valence-electron chi connectivity index (χ3n) is 11.6. The first kappa shape index (κ1) is 38.8. The van der Waals surface area contributed by atoms with Crippen LogP contribution in [0.25, 0.3) is 17.2 Å². The molecule has 4 aromatic rings. The van der Waals surface area contributed by atoms with Gasteiger partial charge in [0.15, 0.2) is 0 Å². The van der Waals surface area contributed by atoms with Gasteiger partial charge >= 0.3 is 0 Å². The first-order chi connectivity index (χ1) is 24.4. The van der Waals surface area contributed by atoms with Crippen molar-refractivity contribution in [2.24, 2.45) is 11.3 Å². The number of rotatable bonds is 4. The maximum atomic E-state index is 4.06. The summed E-state index contributed by atoms with van der Waals surface area (Å²) >= 11 is 0. The molecule has 1 atom stereocenters. The summed E-state index contributed by atoms with van der Waals surface area (Å²) in [6.07, 6.45) is 10.2. The molecule has 0 fully saturated rings. The van der Waals surface area contributed by atoms with Crippen molar-refractivity contribution in [2.75, 3.05) is 0 Å². The van der Waals surface area contributed by atoms with Crippen LogP contribution in [0, 0.1) is 21.8 Å². The second-order valence-electron chi connectivity index (χ2n) is 21.0. The smallest absolute Gasteiger partial charge is 0.00278 e. The minimum atomic E-state index is -0.132. The quantitative estimate of drug-likeness (QED) is 0.175. The average Bonchev–Trinajstić information content (AvgIpc) is 3.65. The van der Waals surface area contributed by atoms with Gasteiger partial charge in [-0.05, 0) is 134 Å². The summed E-state index contributed by atoms with van der Waals surface area (Å²) in [4.78, 5) is 0. The van der Waals surface area contributed by atoms with Gasteiger partial charge in [0.2, 0.25) is 0 Å². The Kier molecular flexibility index (Phi) is 9.63. The van der Waals surface area contributed by atoms with Gasteiger partial charge in [0.1, 0.15) is 0 Å².